The minimum atomic E-state index is -1.32. The molecule has 0 saturated carbocycles. The van der Waals surface area contributed by atoms with Gasteiger partial charge in [-0.05, 0) is 6.42 Å². The van der Waals surface area contributed by atoms with Gasteiger partial charge in [0.1, 0.15) is 0 Å². The average molecular weight is 133 g/mol. The summed E-state index contributed by atoms with van der Waals surface area (Å²) < 4.78 is 12.4. The molecule has 0 fully saturated rings. The molecule has 0 N–H and O–H groups in total. The Hall–Kier alpha value is -0.600. The van der Waals surface area contributed by atoms with Crippen LogP contribution in [0.2, 0.25) is 0 Å². The topological polar surface area (TPSA) is 20.3 Å². The van der Waals surface area contributed by atoms with Gasteiger partial charge in [-0.2, -0.15) is 0 Å². The number of alkyl halides is 1. The summed E-state index contributed by atoms with van der Waals surface area (Å²) in [5, 5.41) is 0. The van der Waals surface area contributed by atoms with Crippen molar-refractivity contribution in [2.24, 2.45) is 0 Å². The van der Waals surface area contributed by atoms with Crippen LogP contribution in [0, 0.1) is 0 Å². The van der Waals surface area contributed by atoms with Crippen LogP contribution in [0.25, 0.3) is 0 Å². The maximum atomic E-state index is 12.4. The summed E-state index contributed by atoms with van der Waals surface area (Å²) in [5.41, 5.74) is 0. The van der Waals surface area contributed by atoms with Crippen molar-refractivity contribution in [2.75, 3.05) is 14.1 Å². The number of halogens is 1. The van der Waals surface area contributed by atoms with Crippen LogP contribution in [0.5, 0.6) is 0 Å². The normalized spacial score (nSPS) is 12.9. The zero-order chi connectivity index (χ0) is 7.44. The summed E-state index contributed by atoms with van der Waals surface area (Å²) in [6.45, 7) is 1.64. The van der Waals surface area contributed by atoms with Gasteiger partial charge in [-0.1, -0.05) is 6.92 Å². The molecule has 1 amide bonds. The molecular formula is C6H12FNO. The molecule has 0 aliphatic carbocycles. The second kappa shape index (κ2) is 3.43. The van der Waals surface area contributed by atoms with Gasteiger partial charge in [0.15, 0.2) is 6.17 Å². The first-order valence-electron chi connectivity index (χ1n) is 2.94. The fourth-order valence-corrected chi connectivity index (χ4v) is 0.455. The minimum absolute atomic E-state index is 0.261. The maximum absolute atomic E-state index is 12.4. The maximum Gasteiger partial charge on any atom is 0.256 e. The zero-order valence-corrected chi connectivity index (χ0v) is 6.02. The Morgan fingerprint density at radius 1 is 1.67 bits per heavy atom. The van der Waals surface area contributed by atoms with Crippen molar-refractivity contribution in [3.8, 4) is 0 Å². The summed E-state index contributed by atoms with van der Waals surface area (Å²) in [6, 6.07) is 0. The van der Waals surface area contributed by atoms with Crippen molar-refractivity contribution in [1.29, 1.82) is 0 Å². The first kappa shape index (κ1) is 8.40. The molecular weight excluding hydrogens is 121 g/mol. The molecule has 0 aromatic heterocycles. The molecule has 2 nitrogen and oxygen atoms in total. The summed E-state index contributed by atoms with van der Waals surface area (Å²) in [6.07, 6.45) is -1.06. The molecule has 1 unspecified atom stereocenters. The van der Waals surface area contributed by atoms with Gasteiger partial charge in [-0.15, -0.1) is 0 Å². The number of hydrogen-bond donors (Lipinski definition) is 0. The zero-order valence-electron chi connectivity index (χ0n) is 6.02. The fraction of sp³-hybridized carbons (Fsp3) is 0.833. The van der Waals surface area contributed by atoms with Crippen molar-refractivity contribution in [1.82, 2.24) is 4.90 Å². The quantitative estimate of drug-likeness (QED) is 0.546. The van der Waals surface area contributed by atoms with E-state index in [0.29, 0.717) is 0 Å². The van der Waals surface area contributed by atoms with Gasteiger partial charge in [-0.3, -0.25) is 4.79 Å². The lowest BCUT2D eigenvalue weighted by atomic mass is 10.3. The van der Waals surface area contributed by atoms with Gasteiger partial charge < -0.3 is 4.90 Å². The highest BCUT2D eigenvalue weighted by molar-refractivity contribution is 5.80. The number of amides is 1. The van der Waals surface area contributed by atoms with Crippen LogP contribution < -0.4 is 0 Å². The predicted octanol–water partition coefficient (Wildman–Crippen LogP) is 0.823. The second-order valence-electron chi connectivity index (χ2n) is 2.11. The lowest BCUT2D eigenvalue weighted by molar-refractivity contribution is -0.134. The molecule has 0 radical (unpaired) electrons. The molecule has 0 aliphatic rings. The number of carbonyl (C=O) groups excluding carboxylic acids is 1. The lowest BCUT2D eigenvalue weighted by Crippen LogP contribution is -2.30. The highest BCUT2D eigenvalue weighted by atomic mass is 19.1. The smallest absolute Gasteiger partial charge is 0.256 e. The fourth-order valence-electron chi connectivity index (χ4n) is 0.455. The third kappa shape index (κ3) is 2.44. The molecule has 9 heavy (non-hydrogen) atoms. The van der Waals surface area contributed by atoms with Crippen LogP contribution in [-0.2, 0) is 4.79 Å². The van der Waals surface area contributed by atoms with Crippen LogP contribution >= 0.6 is 0 Å². The van der Waals surface area contributed by atoms with Crippen molar-refractivity contribution in [2.45, 2.75) is 19.5 Å². The predicted molar refractivity (Wildman–Crippen MR) is 33.9 cm³/mol. The third-order valence-corrected chi connectivity index (χ3v) is 1.07. The minimum Gasteiger partial charge on any atom is -0.346 e. The molecule has 0 rings (SSSR count). The van der Waals surface area contributed by atoms with Gasteiger partial charge in [-0.25, -0.2) is 4.39 Å². The number of carbonyl (C=O) groups is 1. The Labute approximate surface area is 54.7 Å². The molecule has 0 aromatic rings. The summed E-state index contributed by atoms with van der Waals surface area (Å²) in [5.74, 6) is -0.447. The van der Waals surface area contributed by atoms with Crippen LogP contribution in [0.3, 0.4) is 0 Å². The van der Waals surface area contributed by atoms with E-state index in [-0.39, 0.29) is 6.42 Å². The number of hydrogen-bond acceptors (Lipinski definition) is 1. The van der Waals surface area contributed by atoms with E-state index >= 15 is 0 Å². The Morgan fingerprint density at radius 2 is 2.11 bits per heavy atom. The van der Waals surface area contributed by atoms with E-state index in [1.54, 1.807) is 21.0 Å². The van der Waals surface area contributed by atoms with Crippen LogP contribution in [0.1, 0.15) is 13.3 Å². The first-order chi connectivity index (χ1) is 4.09. The van der Waals surface area contributed by atoms with E-state index in [2.05, 4.69) is 0 Å². The van der Waals surface area contributed by atoms with E-state index in [1.165, 1.54) is 4.90 Å². The van der Waals surface area contributed by atoms with Gasteiger partial charge in [0, 0.05) is 14.1 Å². The van der Waals surface area contributed by atoms with Crippen LogP contribution in [0.15, 0.2) is 0 Å². The molecule has 0 spiro atoms. The Morgan fingerprint density at radius 3 is 2.22 bits per heavy atom. The molecule has 0 bridgehead atoms. The third-order valence-electron chi connectivity index (χ3n) is 1.07. The van der Waals surface area contributed by atoms with E-state index < -0.39 is 12.1 Å². The largest absolute Gasteiger partial charge is 0.346 e. The monoisotopic (exact) mass is 133 g/mol. The lowest BCUT2D eigenvalue weighted by Gasteiger charge is -2.11. The van der Waals surface area contributed by atoms with Gasteiger partial charge in [0.25, 0.3) is 5.91 Å². The van der Waals surface area contributed by atoms with Crippen molar-refractivity contribution in [3.05, 3.63) is 0 Å². The molecule has 0 saturated heterocycles. The molecule has 1 atom stereocenters. The van der Waals surface area contributed by atoms with Crippen molar-refractivity contribution >= 4 is 5.91 Å². The van der Waals surface area contributed by atoms with Gasteiger partial charge in [0.2, 0.25) is 0 Å². The molecule has 0 aliphatic heterocycles. The van der Waals surface area contributed by atoms with Crippen molar-refractivity contribution in [3.63, 3.8) is 0 Å². The highest BCUT2D eigenvalue weighted by Crippen LogP contribution is 1.98. The molecule has 0 heterocycles. The molecule has 0 aromatic carbocycles. The van der Waals surface area contributed by atoms with E-state index in [1.807, 2.05) is 0 Å². The Kier molecular flexibility index (Phi) is 3.20. The molecule has 54 valence electrons. The summed E-state index contributed by atoms with van der Waals surface area (Å²) in [7, 11) is 3.09. The SMILES string of the molecule is CCC(F)C(=O)N(C)C. The van der Waals surface area contributed by atoms with Gasteiger partial charge >= 0.3 is 0 Å². The standard InChI is InChI=1S/C6H12FNO/c1-4-5(7)6(9)8(2)3/h5H,4H2,1-3H3. The van der Waals surface area contributed by atoms with E-state index in [0.717, 1.165) is 0 Å². The second-order valence-corrected chi connectivity index (χ2v) is 2.11. The Balaban J connectivity index is 3.73. The van der Waals surface area contributed by atoms with Crippen molar-refractivity contribution < 1.29 is 9.18 Å². The highest BCUT2D eigenvalue weighted by Gasteiger charge is 2.15. The number of nitrogens with zero attached hydrogens (tertiary/aromatic N) is 1. The summed E-state index contributed by atoms with van der Waals surface area (Å²) >= 11 is 0. The summed E-state index contributed by atoms with van der Waals surface area (Å²) in [4.78, 5) is 11.9. The van der Waals surface area contributed by atoms with Gasteiger partial charge in [0.05, 0.1) is 0 Å². The Bertz CT molecular complexity index is 103. The van der Waals surface area contributed by atoms with E-state index in [9.17, 15) is 9.18 Å². The number of rotatable bonds is 2. The average Bonchev–Trinajstić information content (AvgIpc) is 1.84. The molecule has 3 heteroatoms. The van der Waals surface area contributed by atoms with Crippen LogP contribution in [-0.4, -0.2) is 31.1 Å². The van der Waals surface area contributed by atoms with E-state index in [4.69, 9.17) is 0 Å². The van der Waals surface area contributed by atoms with Crippen LogP contribution in [0.4, 0.5) is 4.39 Å². The first-order valence-corrected chi connectivity index (χ1v) is 2.94.